The first kappa shape index (κ1) is 28.0. The molecule has 2 amide bonds. The van der Waals surface area contributed by atoms with E-state index < -0.39 is 17.6 Å². The number of anilines is 1. The van der Waals surface area contributed by atoms with Gasteiger partial charge in [0.2, 0.25) is 5.91 Å². The molecule has 2 aromatic carbocycles. The molecule has 0 spiro atoms. The Balaban J connectivity index is 0.00000172. The third kappa shape index (κ3) is 6.18. The van der Waals surface area contributed by atoms with Gasteiger partial charge in [-0.25, -0.2) is 4.39 Å². The van der Waals surface area contributed by atoms with E-state index in [0.29, 0.717) is 19.5 Å². The summed E-state index contributed by atoms with van der Waals surface area (Å²) >= 11 is 0. The van der Waals surface area contributed by atoms with Gasteiger partial charge in [0, 0.05) is 31.7 Å². The van der Waals surface area contributed by atoms with Crippen LogP contribution in [0.5, 0.6) is 0 Å². The van der Waals surface area contributed by atoms with Crippen molar-refractivity contribution in [3.8, 4) is 17.2 Å². The third-order valence-corrected chi connectivity index (χ3v) is 7.34. The Bertz CT molecular complexity index is 1330. The Morgan fingerprint density at radius 1 is 1.13 bits per heavy atom. The van der Waals surface area contributed by atoms with Gasteiger partial charge in [-0.2, -0.15) is 10.4 Å². The van der Waals surface area contributed by atoms with Crippen LogP contribution < -0.4 is 11.1 Å². The maximum atomic E-state index is 15.9. The average Bonchev–Trinajstić information content (AvgIpc) is 3.72. The number of nitrogens with zero attached hydrogens (tertiary/aromatic N) is 4. The van der Waals surface area contributed by atoms with E-state index in [1.807, 2.05) is 49.1 Å². The summed E-state index contributed by atoms with van der Waals surface area (Å²) in [6.45, 7) is 5.22. The van der Waals surface area contributed by atoms with E-state index >= 15 is 4.39 Å². The second-order valence-corrected chi connectivity index (χ2v) is 9.92. The van der Waals surface area contributed by atoms with Crippen molar-refractivity contribution in [2.75, 3.05) is 18.4 Å². The Labute approximate surface area is 228 Å². The molecule has 39 heavy (non-hydrogen) atoms. The monoisotopic (exact) mass is 530 g/mol. The SMILES string of the molecule is CC.N#CCC1(n2cc(C(N)=O)c(NC(=O)C3CC3)n2)CCN(Cc2ccc(-c3ccccc3)cc2)CC1F. The maximum absolute atomic E-state index is 15.9. The number of nitrogens with one attached hydrogen (secondary N) is 1. The molecule has 1 saturated carbocycles. The molecule has 2 unspecified atom stereocenters. The largest absolute Gasteiger partial charge is 0.365 e. The summed E-state index contributed by atoms with van der Waals surface area (Å²) in [5.74, 6) is -1.07. The summed E-state index contributed by atoms with van der Waals surface area (Å²) in [5, 5.41) is 16.6. The number of primary amides is 1. The number of alkyl halides is 1. The molecule has 2 atom stereocenters. The summed E-state index contributed by atoms with van der Waals surface area (Å²) in [4.78, 5) is 26.3. The maximum Gasteiger partial charge on any atom is 0.254 e. The quantitative estimate of drug-likeness (QED) is 0.431. The summed E-state index contributed by atoms with van der Waals surface area (Å²) in [7, 11) is 0. The number of rotatable bonds is 8. The van der Waals surface area contributed by atoms with Crippen molar-refractivity contribution in [2.45, 2.75) is 57.8 Å². The molecule has 204 valence electrons. The van der Waals surface area contributed by atoms with E-state index in [2.05, 4.69) is 40.8 Å². The first-order valence-electron chi connectivity index (χ1n) is 13.5. The van der Waals surface area contributed by atoms with Gasteiger partial charge in [0.1, 0.15) is 17.3 Å². The number of carbonyl (C=O) groups is 2. The van der Waals surface area contributed by atoms with E-state index in [4.69, 9.17) is 5.73 Å². The molecule has 1 saturated heterocycles. The number of halogens is 1. The first-order chi connectivity index (χ1) is 18.9. The Hall–Kier alpha value is -4.03. The van der Waals surface area contributed by atoms with Gasteiger partial charge in [0.05, 0.1) is 12.5 Å². The molecule has 2 aliphatic rings. The topological polar surface area (TPSA) is 117 Å². The van der Waals surface area contributed by atoms with Crippen molar-refractivity contribution in [1.82, 2.24) is 14.7 Å². The van der Waals surface area contributed by atoms with Crippen molar-refractivity contribution < 1.29 is 14.0 Å². The molecule has 5 rings (SSSR count). The minimum atomic E-state index is -1.42. The fraction of sp³-hybridized carbons (Fsp3) is 0.400. The van der Waals surface area contributed by atoms with Gasteiger partial charge in [-0.05, 0) is 36.0 Å². The molecular formula is C30H35FN6O2. The highest BCUT2D eigenvalue weighted by atomic mass is 19.1. The lowest BCUT2D eigenvalue weighted by Crippen LogP contribution is -2.54. The molecule has 2 heterocycles. The van der Waals surface area contributed by atoms with Gasteiger partial charge < -0.3 is 11.1 Å². The highest BCUT2D eigenvalue weighted by molar-refractivity contribution is 6.02. The number of nitriles is 1. The number of aromatic nitrogens is 2. The van der Waals surface area contributed by atoms with Crippen LogP contribution in [0.4, 0.5) is 10.2 Å². The number of carbonyl (C=O) groups excluding carboxylic acids is 2. The van der Waals surface area contributed by atoms with Crippen molar-refractivity contribution in [3.63, 3.8) is 0 Å². The predicted octanol–water partition coefficient (Wildman–Crippen LogP) is 4.88. The molecule has 2 fully saturated rings. The Morgan fingerprint density at radius 3 is 2.38 bits per heavy atom. The second kappa shape index (κ2) is 12.2. The number of hydrogen-bond acceptors (Lipinski definition) is 5. The van der Waals surface area contributed by atoms with E-state index in [-0.39, 0.29) is 36.2 Å². The van der Waals surface area contributed by atoms with Crippen LogP contribution in [-0.2, 0) is 16.9 Å². The van der Waals surface area contributed by atoms with Crippen molar-refractivity contribution >= 4 is 17.6 Å². The van der Waals surface area contributed by atoms with Gasteiger partial charge >= 0.3 is 0 Å². The third-order valence-electron chi connectivity index (χ3n) is 7.34. The fourth-order valence-electron chi connectivity index (χ4n) is 4.95. The zero-order chi connectivity index (χ0) is 28.0. The minimum absolute atomic E-state index is 0.0134. The predicted molar refractivity (Wildman–Crippen MR) is 148 cm³/mol. The van der Waals surface area contributed by atoms with E-state index in [9.17, 15) is 14.9 Å². The summed E-state index contributed by atoms with van der Waals surface area (Å²) in [6, 6.07) is 20.4. The Morgan fingerprint density at radius 2 is 1.79 bits per heavy atom. The number of piperidine rings is 1. The second-order valence-electron chi connectivity index (χ2n) is 9.92. The number of nitrogens with two attached hydrogens (primary N) is 1. The standard InChI is InChI=1S/C28H29FN6O2.C2H6/c29-24-18-34(16-19-6-8-21(9-7-19)20-4-2-1-3-5-20)15-13-28(24,12-14-30)35-17-23(25(31)36)26(33-35)32-27(37)22-10-11-22;1-2/h1-9,17,22,24H,10-13,15-16,18H2,(H2,31,36)(H,32,33,37);1-2H3. The highest BCUT2D eigenvalue weighted by Gasteiger charge is 2.47. The minimum Gasteiger partial charge on any atom is -0.365 e. The van der Waals surface area contributed by atoms with Gasteiger partial charge in [-0.15, -0.1) is 0 Å². The van der Waals surface area contributed by atoms with Crippen LogP contribution in [0.2, 0.25) is 0 Å². The van der Waals surface area contributed by atoms with Crippen LogP contribution in [0.15, 0.2) is 60.8 Å². The van der Waals surface area contributed by atoms with Gasteiger partial charge in [-0.1, -0.05) is 68.4 Å². The molecule has 3 N–H and O–H groups in total. The van der Waals surface area contributed by atoms with Gasteiger partial charge in [0.15, 0.2) is 5.82 Å². The molecule has 9 heteroatoms. The van der Waals surface area contributed by atoms with Crippen LogP contribution in [0.1, 0.15) is 55.5 Å². The van der Waals surface area contributed by atoms with Crippen LogP contribution in [-0.4, -0.2) is 45.8 Å². The smallest absolute Gasteiger partial charge is 0.254 e. The zero-order valence-electron chi connectivity index (χ0n) is 22.4. The summed E-state index contributed by atoms with van der Waals surface area (Å²) in [5.41, 5.74) is 7.61. The van der Waals surface area contributed by atoms with E-state index in [1.54, 1.807) is 0 Å². The van der Waals surface area contributed by atoms with Crippen molar-refractivity contribution in [1.29, 1.82) is 5.26 Å². The zero-order valence-corrected chi connectivity index (χ0v) is 22.4. The molecule has 3 aromatic rings. The molecule has 8 nitrogen and oxygen atoms in total. The first-order valence-corrected chi connectivity index (χ1v) is 13.5. The summed E-state index contributed by atoms with van der Waals surface area (Å²) in [6.07, 6.45) is 1.72. The number of likely N-dealkylation sites (tertiary alicyclic amines) is 1. The molecular weight excluding hydrogens is 495 g/mol. The van der Waals surface area contributed by atoms with E-state index in [0.717, 1.165) is 29.5 Å². The molecule has 1 aromatic heterocycles. The lowest BCUT2D eigenvalue weighted by Gasteiger charge is -2.43. The number of hydrogen-bond donors (Lipinski definition) is 2. The molecule has 1 aliphatic heterocycles. The summed E-state index contributed by atoms with van der Waals surface area (Å²) < 4.78 is 17.2. The van der Waals surface area contributed by atoms with E-state index in [1.165, 1.54) is 10.9 Å². The molecule has 0 bridgehead atoms. The van der Waals surface area contributed by atoms with Gasteiger partial charge in [0.25, 0.3) is 5.91 Å². The lowest BCUT2D eigenvalue weighted by molar-refractivity contribution is -0.117. The van der Waals surface area contributed by atoms with Crippen LogP contribution in [0, 0.1) is 17.2 Å². The normalized spacial score (nSPS) is 20.8. The van der Waals surface area contributed by atoms with Crippen molar-refractivity contribution in [3.05, 3.63) is 71.9 Å². The number of amides is 2. The average molecular weight is 531 g/mol. The Kier molecular flexibility index (Phi) is 8.77. The lowest BCUT2D eigenvalue weighted by atomic mass is 9.83. The fourth-order valence-corrected chi connectivity index (χ4v) is 4.95. The van der Waals surface area contributed by atoms with Gasteiger partial charge in [-0.3, -0.25) is 19.2 Å². The molecule has 1 aliphatic carbocycles. The van der Waals surface area contributed by atoms with Crippen molar-refractivity contribution in [2.24, 2.45) is 11.7 Å². The van der Waals surface area contributed by atoms with Crippen LogP contribution in [0.25, 0.3) is 11.1 Å². The molecule has 0 radical (unpaired) electrons. The van der Waals surface area contributed by atoms with Crippen LogP contribution in [0.3, 0.4) is 0 Å². The highest BCUT2D eigenvalue weighted by Crippen LogP contribution is 2.38. The van der Waals surface area contributed by atoms with Crippen LogP contribution >= 0.6 is 0 Å². The number of benzene rings is 2.